The summed E-state index contributed by atoms with van der Waals surface area (Å²) in [7, 11) is 0. The van der Waals surface area contributed by atoms with E-state index in [1.54, 1.807) is 45.0 Å². The molecule has 1 aliphatic rings. The molecule has 1 aromatic heterocycles. The number of carbonyl (C=O) groups is 2. The molecular weight excluding hydrogens is 388 g/mol. The number of esters is 1. The quantitative estimate of drug-likeness (QED) is 0.595. The van der Waals surface area contributed by atoms with Gasteiger partial charge in [-0.2, -0.15) is 0 Å². The van der Waals surface area contributed by atoms with Crippen molar-refractivity contribution in [2.24, 2.45) is 0 Å². The lowest BCUT2D eigenvalue weighted by Crippen LogP contribution is -2.39. The summed E-state index contributed by atoms with van der Waals surface area (Å²) < 4.78 is 21.5. The van der Waals surface area contributed by atoms with Gasteiger partial charge in [-0.05, 0) is 45.0 Å². The van der Waals surface area contributed by atoms with Gasteiger partial charge in [-0.25, -0.2) is 0 Å². The molecule has 0 saturated heterocycles. The van der Waals surface area contributed by atoms with Gasteiger partial charge in [0, 0.05) is 17.1 Å². The van der Waals surface area contributed by atoms with E-state index in [1.807, 2.05) is 18.2 Å². The second-order valence-corrected chi connectivity index (χ2v) is 7.91. The van der Waals surface area contributed by atoms with Crippen LogP contribution in [0.3, 0.4) is 0 Å². The Morgan fingerprint density at radius 2 is 1.87 bits per heavy atom. The number of ether oxygens (including phenoxy) is 3. The zero-order chi connectivity index (χ0) is 21.3. The van der Waals surface area contributed by atoms with Crippen LogP contribution in [0.4, 0.5) is 5.69 Å². The van der Waals surface area contributed by atoms with Gasteiger partial charge in [-0.15, -0.1) is 0 Å². The minimum absolute atomic E-state index is 0.0335. The van der Waals surface area contributed by atoms with Gasteiger partial charge >= 0.3 is 5.97 Å². The molecule has 0 N–H and O–H groups in total. The van der Waals surface area contributed by atoms with Crippen LogP contribution in [0.1, 0.15) is 26.5 Å². The molecule has 8 heteroatoms. The first-order valence-electron chi connectivity index (χ1n) is 9.55. The van der Waals surface area contributed by atoms with Crippen molar-refractivity contribution in [3.63, 3.8) is 0 Å². The average Bonchev–Trinajstić information content (AvgIpc) is 3.31. The van der Waals surface area contributed by atoms with Gasteiger partial charge in [-0.1, -0.05) is 17.3 Å². The highest BCUT2D eigenvalue weighted by atomic mass is 16.7. The predicted molar refractivity (Wildman–Crippen MR) is 108 cm³/mol. The first kappa shape index (κ1) is 19.8. The number of amides is 1. The summed E-state index contributed by atoms with van der Waals surface area (Å²) in [5.74, 6) is 0.268. The van der Waals surface area contributed by atoms with Crippen molar-refractivity contribution in [2.45, 2.75) is 32.8 Å². The summed E-state index contributed by atoms with van der Waals surface area (Å²) in [4.78, 5) is 27.1. The lowest BCUT2D eigenvalue weighted by atomic mass is 10.1. The van der Waals surface area contributed by atoms with E-state index in [-0.39, 0.29) is 25.7 Å². The van der Waals surface area contributed by atoms with E-state index >= 15 is 0 Å². The van der Waals surface area contributed by atoms with E-state index in [0.29, 0.717) is 28.5 Å². The molecule has 2 aromatic carbocycles. The largest absolute Gasteiger partial charge is 0.459 e. The Labute approximate surface area is 173 Å². The Balaban J connectivity index is 1.62. The molecule has 4 rings (SSSR count). The number of benzene rings is 2. The van der Waals surface area contributed by atoms with Gasteiger partial charge in [0.05, 0.1) is 6.42 Å². The molecule has 0 bridgehead atoms. The Kier molecular flexibility index (Phi) is 5.07. The maximum absolute atomic E-state index is 13.2. The SMILES string of the molecule is CC(C)(C)OC(=O)CN(C(=O)Cc1noc2ccccc12)c1ccc2c(c1)OCO2. The molecule has 1 amide bonds. The van der Waals surface area contributed by atoms with Crippen molar-refractivity contribution in [2.75, 3.05) is 18.2 Å². The van der Waals surface area contributed by atoms with Gasteiger partial charge in [0.1, 0.15) is 17.8 Å². The van der Waals surface area contributed by atoms with E-state index in [1.165, 1.54) is 4.90 Å². The van der Waals surface area contributed by atoms with Crippen molar-refractivity contribution >= 4 is 28.5 Å². The topological polar surface area (TPSA) is 91.1 Å². The van der Waals surface area contributed by atoms with Gasteiger partial charge in [0.2, 0.25) is 12.7 Å². The van der Waals surface area contributed by atoms with Crippen LogP contribution in [0.15, 0.2) is 47.0 Å². The first-order valence-corrected chi connectivity index (χ1v) is 9.55. The fraction of sp³-hybridized carbons (Fsp3) is 0.318. The van der Waals surface area contributed by atoms with E-state index < -0.39 is 11.6 Å². The van der Waals surface area contributed by atoms with Gasteiger partial charge in [0.25, 0.3) is 0 Å². The predicted octanol–water partition coefficient (Wildman–Crippen LogP) is 3.47. The van der Waals surface area contributed by atoms with Crippen LogP contribution in [-0.4, -0.2) is 36.0 Å². The molecule has 0 fully saturated rings. The lowest BCUT2D eigenvalue weighted by molar-refractivity contribution is -0.153. The monoisotopic (exact) mass is 410 g/mol. The molecule has 30 heavy (non-hydrogen) atoms. The molecule has 0 unspecified atom stereocenters. The molecule has 156 valence electrons. The number of hydrogen-bond acceptors (Lipinski definition) is 7. The fourth-order valence-corrected chi connectivity index (χ4v) is 3.18. The minimum Gasteiger partial charge on any atom is -0.459 e. The molecule has 2 heterocycles. The third-order valence-electron chi connectivity index (χ3n) is 4.45. The van der Waals surface area contributed by atoms with Crippen molar-refractivity contribution in [1.29, 1.82) is 0 Å². The highest BCUT2D eigenvalue weighted by Gasteiger charge is 2.26. The number of fused-ring (bicyclic) bond motifs is 2. The summed E-state index contributed by atoms with van der Waals surface area (Å²) >= 11 is 0. The van der Waals surface area contributed by atoms with E-state index in [4.69, 9.17) is 18.7 Å². The van der Waals surface area contributed by atoms with E-state index in [0.717, 1.165) is 5.39 Å². The maximum atomic E-state index is 13.2. The summed E-state index contributed by atoms with van der Waals surface area (Å²) in [6, 6.07) is 12.4. The van der Waals surface area contributed by atoms with Crippen molar-refractivity contribution in [3.05, 3.63) is 48.2 Å². The normalized spacial score (nSPS) is 12.8. The van der Waals surface area contributed by atoms with Crippen molar-refractivity contribution in [3.8, 4) is 11.5 Å². The van der Waals surface area contributed by atoms with E-state index in [9.17, 15) is 9.59 Å². The lowest BCUT2D eigenvalue weighted by Gasteiger charge is -2.25. The molecule has 1 aliphatic heterocycles. The standard InChI is InChI=1S/C22H22N2O6/c1-22(2,3)29-21(26)12-24(14-8-9-18-19(10-14)28-13-27-18)20(25)11-16-15-6-4-5-7-17(15)30-23-16/h4-10H,11-13H2,1-3H3. The summed E-state index contributed by atoms with van der Waals surface area (Å²) in [5.41, 5.74) is 0.943. The Bertz CT molecular complexity index is 1100. The van der Waals surface area contributed by atoms with Crippen molar-refractivity contribution in [1.82, 2.24) is 5.16 Å². The van der Waals surface area contributed by atoms with Crippen molar-refractivity contribution < 1.29 is 28.3 Å². The molecule has 0 spiro atoms. The molecule has 0 aliphatic carbocycles. The number of para-hydroxylation sites is 1. The van der Waals surface area contributed by atoms with Gasteiger partial charge in [-0.3, -0.25) is 9.59 Å². The number of carbonyl (C=O) groups excluding carboxylic acids is 2. The zero-order valence-electron chi connectivity index (χ0n) is 17.0. The van der Waals surface area contributed by atoms with E-state index in [2.05, 4.69) is 5.16 Å². The van der Waals surface area contributed by atoms with Crippen LogP contribution in [-0.2, 0) is 20.7 Å². The second-order valence-electron chi connectivity index (χ2n) is 7.91. The van der Waals surface area contributed by atoms with Gasteiger partial charge in [0.15, 0.2) is 17.1 Å². The number of nitrogens with zero attached hydrogens (tertiary/aromatic N) is 2. The number of anilines is 1. The Morgan fingerprint density at radius 1 is 1.10 bits per heavy atom. The molecule has 3 aromatic rings. The minimum atomic E-state index is -0.664. The van der Waals surface area contributed by atoms with Crippen LogP contribution >= 0.6 is 0 Å². The molecule has 0 atom stereocenters. The molecule has 0 saturated carbocycles. The maximum Gasteiger partial charge on any atom is 0.326 e. The molecule has 8 nitrogen and oxygen atoms in total. The van der Waals surface area contributed by atoms with Crippen LogP contribution in [0.2, 0.25) is 0 Å². The summed E-state index contributed by atoms with van der Waals surface area (Å²) in [5, 5.41) is 4.78. The Morgan fingerprint density at radius 3 is 2.67 bits per heavy atom. The number of aromatic nitrogens is 1. The molecular formula is C22H22N2O6. The molecule has 0 radical (unpaired) electrons. The van der Waals surface area contributed by atoms with Crippen LogP contribution in [0, 0.1) is 0 Å². The second kappa shape index (κ2) is 7.70. The average molecular weight is 410 g/mol. The third-order valence-corrected chi connectivity index (χ3v) is 4.45. The van der Waals surface area contributed by atoms with Crippen LogP contribution < -0.4 is 14.4 Å². The number of rotatable bonds is 5. The van der Waals surface area contributed by atoms with Crippen LogP contribution in [0.5, 0.6) is 11.5 Å². The highest BCUT2D eigenvalue weighted by molar-refractivity contribution is 6.00. The first-order chi connectivity index (χ1) is 14.3. The highest BCUT2D eigenvalue weighted by Crippen LogP contribution is 2.35. The zero-order valence-corrected chi connectivity index (χ0v) is 17.0. The van der Waals surface area contributed by atoms with Gasteiger partial charge < -0.3 is 23.6 Å². The number of hydrogen-bond donors (Lipinski definition) is 0. The third kappa shape index (κ3) is 4.22. The Hall–Kier alpha value is -3.55. The smallest absolute Gasteiger partial charge is 0.326 e. The fourth-order valence-electron chi connectivity index (χ4n) is 3.18. The van der Waals surface area contributed by atoms with Crippen LogP contribution in [0.25, 0.3) is 11.0 Å². The summed E-state index contributed by atoms with van der Waals surface area (Å²) in [6.45, 7) is 5.20. The summed E-state index contributed by atoms with van der Waals surface area (Å²) in [6.07, 6.45) is -0.0335.